The summed E-state index contributed by atoms with van der Waals surface area (Å²) < 4.78 is 38.6. The second kappa shape index (κ2) is 7.76. The minimum atomic E-state index is -4.34. The van der Waals surface area contributed by atoms with Crippen molar-refractivity contribution in [2.45, 2.75) is 44.8 Å². The third kappa shape index (κ3) is 5.61. The van der Waals surface area contributed by atoms with Gasteiger partial charge in [-0.1, -0.05) is 27.2 Å². The maximum Gasteiger partial charge on any atom is 0.416 e. The Morgan fingerprint density at radius 1 is 1.30 bits per heavy atom. The van der Waals surface area contributed by atoms with Crippen LogP contribution < -0.4 is 5.32 Å². The van der Waals surface area contributed by atoms with Crippen molar-refractivity contribution in [2.24, 2.45) is 5.92 Å². The third-order valence-electron chi connectivity index (χ3n) is 2.90. The molecule has 1 aromatic heterocycles. The minimum absolute atomic E-state index is 0.299. The number of thioether (sulfide) groups is 1. The SMILES string of the molecule is CCCNc1cc(C(F)(F)F)cc(SCC(C)CC)n1. The molecular formula is C14H21F3N2S. The fourth-order valence-electron chi connectivity index (χ4n) is 1.43. The summed E-state index contributed by atoms with van der Waals surface area (Å²) in [6.45, 7) is 6.72. The van der Waals surface area contributed by atoms with Crippen molar-refractivity contribution in [1.82, 2.24) is 4.98 Å². The first-order valence-corrected chi connectivity index (χ1v) is 7.81. The van der Waals surface area contributed by atoms with Crippen LogP contribution in [0.3, 0.4) is 0 Å². The van der Waals surface area contributed by atoms with Crippen LogP contribution in [-0.4, -0.2) is 17.3 Å². The Hall–Kier alpha value is -0.910. The number of halogens is 3. The van der Waals surface area contributed by atoms with Crippen LogP contribution in [0, 0.1) is 5.92 Å². The fraction of sp³-hybridized carbons (Fsp3) is 0.643. The van der Waals surface area contributed by atoms with Crippen LogP contribution in [0.1, 0.15) is 39.2 Å². The van der Waals surface area contributed by atoms with Crippen molar-refractivity contribution in [2.75, 3.05) is 17.6 Å². The number of alkyl halides is 3. The number of hydrogen-bond acceptors (Lipinski definition) is 3. The molecule has 1 heterocycles. The van der Waals surface area contributed by atoms with Crippen LogP contribution in [0.25, 0.3) is 0 Å². The Labute approximate surface area is 122 Å². The lowest BCUT2D eigenvalue weighted by molar-refractivity contribution is -0.137. The van der Waals surface area contributed by atoms with Gasteiger partial charge in [-0.25, -0.2) is 4.98 Å². The van der Waals surface area contributed by atoms with Gasteiger partial charge in [-0.3, -0.25) is 0 Å². The van der Waals surface area contributed by atoms with E-state index in [-0.39, 0.29) is 0 Å². The van der Waals surface area contributed by atoms with E-state index in [1.165, 1.54) is 11.8 Å². The van der Waals surface area contributed by atoms with E-state index < -0.39 is 11.7 Å². The lowest BCUT2D eigenvalue weighted by Gasteiger charge is -2.13. The normalized spacial score (nSPS) is 13.3. The molecule has 0 aromatic carbocycles. The summed E-state index contributed by atoms with van der Waals surface area (Å²) >= 11 is 1.38. The number of pyridine rings is 1. The first-order valence-electron chi connectivity index (χ1n) is 6.82. The minimum Gasteiger partial charge on any atom is -0.370 e. The largest absolute Gasteiger partial charge is 0.416 e. The summed E-state index contributed by atoms with van der Waals surface area (Å²) in [5.41, 5.74) is -0.641. The molecular weight excluding hydrogens is 285 g/mol. The monoisotopic (exact) mass is 306 g/mol. The van der Waals surface area contributed by atoms with E-state index in [0.29, 0.717) is 23.3 Å². The number of anilines is 1. The maximum atomic E-state index is 12.9. The van der Waals surface area contributed by atoms with E-state index >= 15 is 0 Å². The fourth-order valence-corrected chi connectivity index (χ4v) is 2.50. The van der Waals surface area contributed by atoms with Crippen molar-refractivity contribution in [3.8, 4) is 0 Å². The molecule has 20 heavy (non-hydrogen) atoms. The average molecular weight is 306 g/mol. The lowest BCUT2D eigenvalue weighted by Crippen LogP contribution is -2.09. The molecule has 0 amide bonds. The second-order valence-electron chi connectivity index (χ2n) is 4.83. The predicted molar refractivity (Wildman–Crippen MR) is 78.2 cm³/mol. The van der Waals surface area contributed by atoms with Crippen LogP contribution >= 0.6 is 11.8 Å². The number of nitrogens with zero attached hydrogens (tertiary/aromatic N) is 1. The zero-order valence-electron chi connectivity index (χ0n) is 12.0. The molecule has 1 aromatic rings. The number of rotatable bonds is 7. The van der Waals surface area contributed by atoms with E-state index in [4.69, 9.17) is 0 Å². The Morgan fingerprint density at radius 2 is 2.00 bits per heavy atom. The summed E-state index contributed by atoms with van der Waals surface area (Å²) in [6, 6.07) is 2.20. The van der Waals surface area contributed by atoms with Crippen molar-refractivity contribution < 1.29 is 13.2 Å². The molecule has 6 heteroatoms. The molecule has 0 spiro atoms. The molecule has 0 aliphatic carbocycles. The van der Waals surface area contributed by atoms with Gasteiger partial charge in [0.2, 0.25) is 0 Å². The number of aromatic nitrogens is 1. The van der Waals surface area contributed by atoms with Crippen LogP contribution in [0.2, 0.25) is 0 Å². The van der Waals surface area contributed by atoms with Gasteiger partial charge in [0.05, 0.1) is 10.6 Å². The summed E-state index contributed by atoms with van der Waals surface area (Å²) in [7, 11) is 0. The van der Waals surface area contributed by atoms with Crippen molar-refractivity contribution in [3.05, 3.63) is 17.7 Å². The van der Waals surface area contributed by atoms with E-state index in [9.17, 15) is 13.2 Å². The van der Waals surface area contributed by atoms with Gasteiger partial charge in [0, 0.05) is 12.3 Å². The predicted octanol–water partition coefficient (Wildman–Crippen LogP) is 5.06. The van der Waals surface area contributed by atoms with Gasteiger partial charge >= 0.3 is 6.18 Å². The van der Waals surface area contributed by atoms with Gasteiger partial charge in [0.25, 0.3) is 0 Å². The van der Waals surface area contributed by atoms with Gasteiger partial charge in [0.15, 0.2) is 0 Å². The second-order valence-corrected chi connectivity index (χ2v) is 5.87. The Balaban J connectivity index is 2.91. The molecule has 1 N–H and O–H groups in total. The lowest BCUT2D eigenvalue weighted by atomic mass is 10.2. The molecule has 1 atom stereocenters. The summed E-state index contributed by atoms with van der Waals surface area (Å²) in [6.07, 6.45) is -2.49. The van der Waals surface area contributed by atoms with Gasteiger partial charge in [-0.05, 0) is 24.5 Å². The third-order valence-corrected chi connectivity index (χ3v) is 4.14. The summed E-state index contributed by atoms with van der Waals surface area (Å²) in [4.78, 5) is 4.24. The van der Waals surface area contributed by atoms with Crippen molar-refractivity contribution >= 4 is 17.6 Å². The molecule has 114 valence electrons. The van der Waals surface area contributed by atoms with E-state index in [1.54, 1.807) is 0 Å². The average Bonchev–Trinajstić information content (AvgIpc) is 2.41. The van der Waals surface area contributed by atoms with E-state index in [0.717, 1.165) is 30.7 Å². The highest BCUT2D eigenvalue weighted by molar-refractivity contribution is 7.99. The van der Waals surface area contributed by atoms with Crippen LogP contribution in [0.15, 0.2) is 17.2 Å². The van der Waals surface area contributed by atoms with Gasteiger partial charge in [-0.15, -0.1) is 11.8 Å². The molecule has 0 radical (unpaired) electrons. The molecule has 0 aliphatic heterocycles. The Morgan fingerprint density at radius 3 is 2.55 bits per heavy atom. The first-order chi connectivity index (χ1) is 9.36. The van der Waals surface area contributed by atoms with E-state index in [1.807, 2.05) is 6.92 Å². The van der Waals surface area contributed by atoms with Crippen LogP contribution in [0.5, 0.6) is 0 Å². The first kappa shape index (κ1) is 17.1. The molecule has 1 unspecified atom stereocenters. The summed E-state index contributed by atoms with van der Waals surface area (Å²) in [5, 5.41) is 3.35. The van der Waals surface area contributed by atoms with Gasteiger partial charge in [0.1, 0.15) is 5.82 Å². The molecule has 0 saturated heterocycles. The Bertz CT molecular complexity index is 421. The zero-order valence-corrected chi connectivity index (χ0v) is 12.9. The molecule has 0 aliphatic rings. The van der Waals surface area contributed by atoms with Crippen LogP contribution in [0.4, 0.5) is 19.0 Å². The topological polar surface area (TPSA) is 24.9 Å². The quantitative estimate of drug-likeness (QED) is 0.713. The van der Waals surface area contributed by atoms with Crippen molar-refractivity contribution in [1.29, 1.82) is 0 Å². The van der Waals surface area contributed by atoms with E-state index in [2.05, 4.69) is 24.1 Å². The van der Waals surface area contributed by atoms with Gasteiger partial charge < -0.3 is 5.32 Å². The van der Waals surface area contributed by atoms with Crippen LogP contribution in [-0.2, 0) is 6.18 Å². The van der Waals surface area contributed by atoms with Gasteiger partial charge in [-0.2, -0.15) is 13.2 Å². The maximum absolute atomic E-state index is 12.9. The smallest absolute Gasteiger partial charge is 0.370 e. The van der Waals surface area contributed by atoms with Crippen molar-refractivity contribution in [3.63, 3.8) is 0 Å². The molecule has 1 rings (SSSR count). The highest BCUT2D eigenvalue weighted by Crippen LogP contribution is 2.33. The molecule has 0 bridgehead atoms. The summed E-state index contributed by atoms with van der Waals surface area (Å²) in [5.74, 6) is 1.54. The number of hydrogen-bond donors (Lipinski definition) is 1. The highest BCUT2D eigenvalue weighted by Gasteiger charge is 2.31. The molecule has 0 fully saturated rings. The standard InChI is InChI=1S/C14H21F3N2S/c1-4-6-18-12-7-11(14(15,16)17)8-13(19-12)20-9-10(3)5-2/h7-8,10H,4-6,9H2,1-3H3,(H,18,19). The number of nitrogens with one attached hydrogen (secondary N) is 1. The Kier molecular flexibility index (Phi) is 6.65. The zero-order chi connectivity index (χ0) is 15.2. The molecule has 2 nitrogen and oxygen atoms in total. The molecule has 0 saturated carbocycles. The highest BCUT2D eigenvalue weighted by atomic mass is 32.2.